The predicted octanol–water partition coefficient (Wildman–Crippen LogP) is 2.67. The Balaban J connectivity index is 3.07. The van der Waals surface area contributed by atoms with E-state index in [0.29, 0.717) is 0 Å². The summed E-state index contributed by atoms with van der Waals surface area (Å²) >= 11 is 0. The lowest BCUT2D eigenvalue weighted by Gasteiger charge is -2.41. The van der Waals surface area contributed by atoms with Gasteiger partial charge in [0.05, 0.1) is 5.60 Å². The number of allylic oxidation sites excluding steroid dienone is 2. The maximum atomic E-state index is 10.2. The quantitative estimate of drug-likeness (QED) is 0.635. The van der Waals surface area contributed by atoms with Crippen LogP contribution in [0.1, 0.15) is 34.1 Å². The lowest BCUT2D eigenvalue weighted by atomic mass is 9.68. The van der Waals surface area contributed by atoms with Crippen LogP contribution in [0.3, 0.4) is 0 Å². The molecule has 0 aromatic heterocycles. The van der Waals surface area contributed by atoms with E-state index in [1.54, 1.807) is 0 Å². The molecule has 1 atom stereocenters. The van der Waals surface area contributed by atoms with E-state index in [1.807, 2.05) is 19.1 Å². The molecular formula is C11H18O. The van der Waals surface area contributed by atoms with Gasteiger partial charge >= 0.3 is 0 Å². The van der Waals surface area contributed by atoms with Gasteiger partial charge in [-0.15, -0.1) is 0 Å². The van der Waals surface area contributed by atoms with Crippen LogP contribution in [-0.4, -0.2) is 10.7 Å². The minimum Gasteiger partial charge on any atom is -0.385 e. The highest BCUT2D eigenvalue weighted by molar-refractivity contribution is 5.32. The normalized spacial score (nSPS) is 33.2. The summed E-state index contributed by atoms with van der Waals surface area (Å²) in [5.74, 6) is 0. The van der Waals surface area contributed by atoms with Crippen LogP contribution in [0.2, 0.25) is 0 Å². The van der Waals surface area contributed by atoms with Gasteiger partial charge in [-0.3, -0.25) is 0 Å². The molecule has 0 bridgehead atoms. The smallest absolute Gasteiger partial charge is 0.0916 e. The Hall–Kier alpha value is -0.560. The molecule has 0 aromatic rings. The molecule has 0 spiro atoms. The summed E-state index contributed by atoms with van der Waals surface area (Å²) in [6.07, 6.45) is 7.04. The van der Waals surface area contributed by atoms with Crippen molar-refractivity contribution in [3.63, 3.8) is 0 Å². The van der Waals surface area contributed by atoms with Crippen molar-refractivity contribution in [2.45, 2.75) is 39.7 Å². The SMILES string of the molecule is CCC1=CC=CC(C)(C)C1(C)O. The molecule has 1 aliphatic carbocycles. The molecule has 0 amide bonds. The average Bonchev–Trinajstić information content (AvgIpc) is 1.95. The maximum Gasteiger partial charge on any atom is 0.0916 e. The Morgan fingerprint density at radius 2 is 1.92 bits per heavy atom. The minimum absolute atomic E-state index is 0.146. The zero-order valence-corrected chi connectivity index (χ0v) is 8.39. The van der Waals surface area contributed by atoms with Gasteiger partial charge in [-0.2, -0.15) is 0 Å². The fraction of sp³-hybridized carbons (Fsp3) is 0.636. The van der Waals surface area contributed by atoms with E-state index < -0.39 is 5.60 Å². The second-order valence-corrected chi connectivity index (χ2v) is 4.20. The Labute approximate surface area is 74.8 Å². The van der Waals surface area contributed by atoms with Crippen molar-refractivity contribution >= 4 is 0 Å². The van der Waals surface area contributed by atoms with Gasteiger partial charge in [0.25, 0.3) is 0 Å². The highest BCUT2D eigenvalue weighted by Gasteiger charge is 2.40. The van der Waals surface area contributed by atoms with Crippen LogP contribution >= 0.6 is 0 Å². The molecule has 68 valence electrons. The second-order valence-electron chi connectivity index (χ2n) is 4.20. The predicted molar refractivity (Wildman–Crippen MR) is 51.9 cm³/mol. The first-order chi connectivity index (χ1) is 5.42. The maximum absolute atomic E-state index is 10.2. The van der Waals surface area contributed by atoms with Gasteiger partial charge in [-0.1, -0.05) is 39.0 Å². The van der Waals surface area contributed by atoms with Crippen LogP contribution in [0.5, 0.6) is 0 Å². The summed E-state index contributed by atoms with van der Waals surface area (Å²) in [6, 6.07) is 0. The molecule has 0 aromatic carbocycles. The lowest BCUT2D eigenvalue weighted by molar-refractivity contribution is 0.00534. The van der Waals surface area contributed by atoms with E-state index in [0.717, 1.165) is 12.0 Å². The molecule has 0 saturated heterocycles. The van der Waals surface area contributed by atoms with Gasteiger partial charge in [-0.25, -0.2) is 0 Å². The van der Waals surface area contributed by atoms with Crippen LogP contribution < -0.4 is 0 Å². The Kier molecular flexibility index (Phi) is 2.17. The van der Waals surface area contributed by atoms with E-state index in [4.69, 9.17) is 0 Å². The average molecular weight is 166 g/mol. The highest BCUT2D eigenvalue weighted by Crippen LogP contribution is 2.41. The fourth-order valence-corrected chi connectivity index (χ4v) is 1.61. The molecule has 1 heteroatoms. The second kappa shape index (κ2) is 2.74. The molecular weight excluding hydrogens is 148 g/mol. The molecule has 0 aliphatic heterocycles. The standard InChI is InChI=1S/C11H18O/c1-5-9-7-6-8-10(2,3)11(9,4)12/h6-8,12H,5H2,1-4H3. The summed E-state index contributed by atoms with van der Waals surface area (Å²) < 4.78 is 0. The van der Waals surface area contributed by atoms with E-state index in [-0.39, 0.29) is 5.41 Å². The third-order valence-electron chi connectivity index (χ3n) is 3.07. The Bertz CT molecular complexity index is 231. The monoisotopic (exact) mass is 166 g/mol. The summed E-state index contributed by atoms with van der Waals surface area (Å²) in [6.45, 7) is 8.10. The van der Waals surface area contributed by atoms with Crippen LogP contribution in [0.4, 0.5) is 0 Å². The molecule has 0 fully saturated rings. The van der Waals surface area contributed by atoms with Crippen LogP contribution in [0, 0.1) is 5.41 Å². The first-order valence-electron chi connectivity index (χ1n) is 4.53. The number of aliphatic hydroxyl groups is 1. The number of rotatable bonds is 1. The molecule has 1 N–H and O–H groups in total. The fourth-order valence-electron chi connectivity index (χ4n) is 1.61. The summed E-state index contributed by atoms with van der Waals surface area (Å²) in [7, 11) is 0. The van der Waals surface area contributed by atoms with Crippen molar-refractivity contribution in [3.8, 4) is 0 Å². The number of hydrogen-bond acceptors (Lipinski definition) is 1. The zero-order valence-electron chi connectivity index (χ0n) is 8.39. The molecule has 12 heavy (non-hydrogen) atoms. The Morgan fingerprint density at radius 1 is 1.33 bits per heavy atom. The molecule has 0 heterocycles. The zero-order chi connectivity index (χ0) is 9.41. The summed E-state index contributed by atoms with van der Waals surface area (Å²) in [4.78, 5) is 0. The minimum atomic E-state index is -0.684. The lowest BCUT2D eigenvalue weighted by Crippen LogP contribution is -2.43. The molecule has 1 unspecified atom stereocenters. The van der Waals surface area contributed by atoms with Crippen molar-refractivity contribution in [2.75, 3.05) is 0 Å². The first-order valence-corrected chi connectivity index (χ1v) is 4.53. The molecule has 0 saturated carbocycles. The molecule has 0 radical (unpaired) electrons. The van der Waals surface area contributed by atoms with Crippen molar-refractivity contribution in [1.29, 1.82) is 0 Å². The van der Waals surface area contributed by atoms with Crippen LogP contribution in [0.25, 0.3) is 0 Å². The number of hydrogen-bond donors (Lipinski definition) is 1. The van der Waals surface area contributed by atoms with Crippen molar-refractivity contribution in [3.05, 3.63) is 23.8 Å². The van der Waals surface area contributed by atoms with Crippen LogP contribution in [0.15, 0.2) is 23.8 Å². The molecule has 1 aliphatic rings. The third-order valence-corrected chi connectivity index (χ3v) is 3.07. The highest BCUT2D eigenvalue weighted by atomic mass is 16.3. The van der Waals surface area contributed by atoms with Crippen molar-refractivity contribution in [1.82, 2.24) is 0 Å². The molecule has 1 nitrogen and oxygen atoms in total. The van der Waals surface area contributed by atoms with E-state index in [9.17, 15) is 5.11 Å². The largest absolute Gasteiger partial charge is 0.385 e. The van der Waals surface area contributed by atoms with Crippen LogP contribution in [-0.2, 0) is 0 Å². The summed E-state index contributed by atoms with van der Waals surface area (Å²) in [5, 5.41) is 10.2. The third kappa shape index (κ3) is 1.22. The topological polar surface area (TPSA) is 20.2 Å². The van der Waals surface area contributed by atoms with E-state index >= 15 is 0 Å². The van der Waals surface area contributed by atoms with Gasteiger partial charge in [0.15, 0.2) is 0 Å². The Morgan fingerprint density at radius 3 is 2.33 bits per heavy atom. The van der Waals surface area contributed by atoms with Gasteiger partial charge in [0, 0.05) is 5.41 Å². The van der Waals surface area contributed by atoms with Gasteiger partial charge in [0.2, 0.25) is 0 Å². The van der Waals surface area contributed by atoms with Gasteiger partial charge < -0.3 is 5.11 Å². The van der Waals surface area contributed by atoms with Gasteiger partial charge in [0.1, 0.15) is 0 Å². The van der Waals surface area contributed by atoms with Crippen molar-refractivity contribution in [2.24, 2.45) is 5.41 Å². The van der Waals surface area contributed by atoms with Gasteiger partial charge in [-0.05, 0) is 18.9 Å². The van der Waals surface area contributed by atoms with Crippen molar-refractivity contribution < 1.29 is 5.11 Å². The molecule has 1 rings (SSSR count). The first kappa shape index (κ1) is 9.53. The van der Waals surface area contributed by atoms with E-state index in [1.165, 1.54) is 0 Å². The summed E-state index contributed by atoms with van der Waals surface area (Å²) in [5.41, 5.74) is 0.291. The van der Waals surface area contributed by atoms with E-state index in [2.05, 4.69) is 26.8 Å².